The molecule has 0 unspecified atom stereocenters. The van der Waals surface area contributed by atoms with E-state index in [0.29, 0.717) is 6.04 Å². The lowest BCUT2D eigenvalue weighted by molar-refractivity contribution is 0.122. The predicted octanol–water partition coefficient (Wildman–Crippen LogP) is 3.97. The molecule has 0 spiro atoms. The van der Waals surface area contributed by atoms with Crippen LogP contribution >= 0.6 is 0 Å². The van der Waals surface area contributed by atoms with Gasteiger partial charge in [0.1, 0.15) is 11.3 Å². The lowest BCUT2D eigenvalue weighted by Gasteiger charge is -2.32. The zero-order chi connectivity index (χ0) is 21.0. The molecular formula is C24H29N5O2. The average molecular weight is 420 g/mol. The first kappa shape index (κ1) is 20.0. The van der Waals surface area contributed by atoms with Crippen molar-refractivity contribution in [3.05, 3.63) is 48.5 Å². The topological polar surface area (TPSA) is 72.4 Å². The molecule has 31 heavy (non-hydrogen) atoms. The van der Waals surface area contributed by atoms with Crippen molar-refractivity contribution in [3.63, 3.8) is 0 Å². The number of aromatic nitrogens is 3. The van der Waals surface area contributed by atoms with E-state index in [1.165, 1.54) is 0 Å². The second kappa shape index (κ2) is 9.06. The van der Waals surface area contributed by atoms with Crippen molar-refractivity contribution in [3.8, 4) is 5.75 Å². The zero-order valence-electron chi connectivity index (χ0n) is 18.0. The van der Waals surface area contributed by atoms with Gasteiger partial charge in [-0.1, -0.05) is 0 Å². The van der Waals surface area contributed by atoms with Gasteiger partial charge in [0, 0.05) is 49.5 Å². The van der Waals surface area contributed by atoms with Crippen LogP contribution in [0.2, 0.25) is 0 Å². The van der Waals surface area contributed by atoms with E-state index in [9.17, 15) is 0 Å². The van der Waals surface area contributed by atoms with E-state index < -0.39 is 0 Å². The van der Waals surface area contributed by atoms with Crippen LogP contribution in [-0.2, 0) is 4.74 Å². The van der Waals surface area contributed by atoms with E-state index in [4.69, 9.17) is 9.47 Å². The Balaban J connectivity index is 1.28. The van der Waals surface area contributed by atoms with Gasteiger partial charge in [0.2, 0.25) is 0 Å². The van der Waals surface area contributed by atoms with Crippen LogP contribution in [0, 0.1) is 6.92 Å². The first-order valence-corrected chi connectivity index (χ1v) is 11.2. The molecule has 162 valence electrons. The van der Waals surface area contributed by atoms with Crippen molar-refractivity contribution < 1.29 is 9.47 Å². The predicted molar refractivity (Wildman–Crippen MR) is 122 cm³/mol. The van der Waals surface area contributed by atoms with Crippen LogP contribution in [0.3, 0.4) is 0 Å². The molecule has 0 bridgehead atoms. The minimum absolute atomic E-state index is 0.193. The highest BCUT2D eigenvalue weighted by atomic mass is 16.5. The van der Waals surface area contributed by atoms with Crippen LogP contribution in [0.1, 0.15) is 31.4 Å². The summed E-state index contributed by atoms with van der Waals surface area (Å²) in [6, 6.07) is 8.78. The van der Waals surface area contributed by atoms with Crippen molar-refractivity contribution in [1.29, 1.82) is 0 Å². The third-order valence-corrected chi connectivity index (χ3v) is 6.23. The number of ether oxygens (including phenoxy) is 2. The summed E-state index contributed by atoms with van der Waals surface area (Å²) >= 11 is 0. The zero-order valence-corrected chi connectivity index (χ0v) is 18.0. The van der Waals surface area contributed by atoms with E-state index >= 15 is 0 Å². The molecule has 1 saturated heterocycles. The smallest absolute Gasteiger partial charge is 0.149 e. The fourth-order valence-electron chi connectivity index (χ4n) is 4.48. The second-order valence-corrected chi connectivity index (χ2v) is 8.34. The fraction of sp³-hybridized carbons (Fsp3) is 0.458. The highest BCUT2D eigenvalue weighted by Gasteiger charge is 2.24. The van der Waals surface area contributed by atoms with Gasteiger partial charge in [0.15, 0.2) is 0 Å². The Labute approximate surface area is 182 Å². The van der Waals surface area contributed by atoms with Gasteiger partial charge in [-0.3, -0.25) is 9.97 Å². The molecule has 1 aliphatic carbocycles. The summed E-state index contributed by atoms with van der Waals surface area (Å²) in [5, 5.41) is 3.66. The molecule has 7 heteroatoms. The van der Waals surface area contributed by atoms with Crippen LogP contribution in [0.4, 0.5) is 11.4 Å². The summed E-state index contributed by atoms with van der Waals surface area (Å²) < 4.78 is 12.0. The molecule has 7 nitrogen and oxygen atoms in total. The Morgan fingerprint density at radius 2 is 1.81 bits per heavy atom. The van der Waals surface area contributed by atoms with E-state index in [1.54, 1.807) is 12.4 Å². The second-order valence-electron chi connectivity index (χ2n) is 8.34. The standard InChI is InChI=1S/C24H29N5O2/c1-17-21(3-2-8-25-17)28-18-4-6-20(7-5-18)31-23-16-19(29-11-13-30-14-12-29)15-22-24(23)27-10-9-26-22/h2-3,8-10,15-16,18,20,28H,4-7,11-14H2,1H3. The number of anilines is 2. The Morgan fingerprint density at radius 3 is 2.61 bits per heavy atom. The summed E-state index contributed by atoms with van der Waals surface area (Å²) in [5.74, 6) is 0.839. The van der Waals surface area contributed by atoms with Gasteiger partial charge in [0.25, 0.3) is 0 Å². The average Bonchev–Trinajstić information content (AvgIpc) is 2.82. The maximum Gasteiger partial charge on any atom is 0.149 e. The van der Waals surface area contributed by atoms with E-state index in [2.05, 4.69) is 43.4 Å². The maximum absolute atomic E-state index is 6.52. The number of morpholine rings is 1. The van der Waals surface area contributed by atoms with Crippen molar-refractivity contribution in [1.82, 2.24) is 15.0 Å². The number of hydrogen-bond acceptors (Lipinski definition) is 7. The molecule has 5 rings (SSSR count). The summed E-state index contributed by atoms with van der Waals surface area (Å²) in [4.78, 5) is 15.8. The summed E-state index contributed by atoms with van der Waals surface area (Å²) in [7, 11) is 0. The largest absolute Gasteiger partial charge is 0.488 e. The summed E-state index contributed by atoms with van der Waals surface area (Å²) in [6.45, 7) is 5.32. The van der Waals surface area contributed by atoms with Crippen LogP contribution in [-0.4, -0.2) is 53.4 Å². The molecular weight excluding hydrogens is 390 g/mol. The van der Waals surface area contributed by atoms with Gasteiger partial charge in [0.05, 0.1) is 36.2 Å². The Morgan fingerprint density at radius 1 is 1.00 bits per heavy atom. The van der Waals surface area contributed by atoms with Crippen molar-refractivity contribution >= 4 is 22.4 Å². The number of aryl methyl sites for hydroxylation is 1. The molecule has 0 atom stereocenters. The maximum atomic E-state index is 6.52. The van der Waals surface area contributed by atoms with Gasteiger partial charge < -0.3 is 19.7 Å². The first-order chi connectivity index (χ1) is 15.3. The third kappa shape index (κ3) is 4.56. The molecule has 0 radical (unpaired) electrons. The fourth-order valence-corrected chi connectivity index (χ4v) is 4.48. The molecule has 1 aromatic carbocycles. The number of hydrogen-bond donors (Lipinski definition) is 1. The first-order valence-electron chi connectivity index (χ1n) is 11.2. The van der Waals surface area contributed by atoms with Crippen molar-refractivity contribution in [2.24, 2.45) is 0 Å². The van der Waals surface area contributed by atoms with Gasteiger partial charge >= 0.3 is 0 Å². The molecule has 1 N–H and O–H groups in total. The molecule has 0 amide bonds. The van der Waals surface area contributed by atoms with E-state index in [0.717, 1.165) is 85.8 Å². The highest BCUT2D eigenvalue weighted by molar-refractivity contribution is 5.85. The highest BCUT2D eigenvalue weighted by Crippen LogP contribution is 2.33. The van der Waals surface area contributed by atoms with Crippen LogP contribution in [0.15, 0.2) is 42.9 Å². The van der Waals surface area contributed by atoms with Gasteiger partial charge in [-0.05, 0) is 50.8 Å². The van der Waals surface area contributed by atoms with E-state index in [1.807, 2.05) is 19.2 Å². The van der Waals surface area contributed by atoms with Crippen LogP contribution in [0.5, 0.6) is 5.75 Å². The summed E-state index contributed by atoms with van der Waals surface area (Å²) in [6.07, 6.45) is 9.69. The molecule has 1 aliphatic heterocycles. The molecule has 3 aromatic rings. The molecule has 1 saturated carbocycles. The molecule has 2 fully saturated rings. The third-order valence-electron chi connectivity index (χ3n) is 6.23. The SMILES string of the molecule is Cc1ncccc1NC1CCC(Oc2cc(N3CCOCC3)cc3nccnc23)CC1. The van der Waals surface area contributed by atoms with Crippen molar-refractivity contribution in [2.45, 2.75) is 44.8 Å². The van der Waals surface area contributed by atoms with Crippen LogP contribution < -0.4 is 15.0 Å². The van der Waals surface area contributed by atoms with Crippen LogP contribution in [0.25, 0.3) is 11.0 Å². The molecule has 2 aliphatic rings. The Bertz CT molecular complexity index is 1030. The van der Waals surface area contributed by atoms with Crippen molar-refractivity contribution in [2.75, 3.05) is 36.5 Å². The number of pyridine rings is 1. The van der Waals surface area contributed by atoms with Gasteiger partial charge in [-0.2, -0.15) is 0 Å². The molecule has 2 aromatic heterocycles. The lowest BCUT2D eigenvalue weighted by atomic mass is 9.92. The minimum Gasteiger partial charge on any atom is -0.488 e. The number of nitrogens with one attached hydrogen (secondary N) is 1. The van der Waals surface area contributed by atoms with E-state index in [-0.39, 0.29) is 6.10 Å². The Hall–Kier alpha value is -2.93. The number of fused-ring (bicyclic) bond motifs is 1. The normalized spacial score (nSPS) is 21.8. The quantitative estimate of drug-likeness (QED) is 0.671. The number of nitrogens with zero attached hydrogens (tertiary/aromatic N) is 4. The monoisotopic (exact) mass is 419 g/mol. The minimum atomic E-state index is 0.193. The Kier molecular flexibility index (Phi) is 5.84. The summed E-state index contributed by atoms with van der Waals surface area (Å²) in [5.41, 5.74) is 5.03. The van der Waals surface area contributed by atoms with Gasteiger partial charge in [-0.25, -0.2) is 4.98 Å². The van der Waals surface area contributed by atoms with Gasteiger partial charge in [-0.15, -0.1) is 0 Å². The molecule has 3 heterocycles. The number of rotatable bonds is 5. The lowest BCUT2D eigenvalue weighted by Crippen LogP contribution is -2.36. The number of benzene rings is 1.